The monoisotopic (exact) mass is 509 g/mol. The Morgan fingerprint density at radius 1 is 1.18 bits per heavy atom. The van der Waals surface area contributed by atoms with E-state index in [4.69, 9.17) is 19.4 Å². The van der Waals surface area contributed by atoms with E-state index in [1.807, 2.05) is 44.2 Å². The van der Waals surface area contributed by atoms with E-state index in [-0.39, 0.29) is 6.61 Å². The highest BCUT2D eigenvalue weighted by Gasteiger charge is 2.32. The van der Waals surface area contributed by atoms with E-state index in [9.17, 15) is 4.79 Å². The number of benzene rings is 2. The number of oxime groups is 1. The molecule has 0 saturated heterocycles. The lowest BCUT2D eigenvalue weighted by atomic mass is 10.0. The lowest BCUT2D eigenvalue weighted by Crippen LogP contribution is -2.20. The number of esters is 1. The summed E-state index contributed by atoms with van der Waals surface area (Å²) in [7, 11) is 1.35. The second-order valence-corrected chi connectivity index (χ2v) is 9.12. The van der Waals surface area contributed by atoms with Gasteiger partial charge in [-0.05, 0) is 32.0 Å². The van der Waals surface area contributed by atoms with Crippen molar-refractivity contribution >= 4 is 44.0 Å². The van der Waals surface area contributed by atoms with E-state index < -0.39 is 11.6 Å². The fraction of sp³-hybridized carbons (Fsp3) is 0.261. The van der Waals surface area contributed by atoms with Gasteiger partial charge < -0.3 is 14.3 Å². The van der Waals surface area contributed by atoms with Crippen molar-refractivity contribution in [2.75, 3.05) is 7.11 Å². The number of nitrogens with zero attached hydrogens (tertiary/aromatic N) is 5. The molecule has 0 atom stereocenters. The smallest absolute Gasteiger partial charge is 0.337 e. The van der Waals surface area contributed by atoms with Gasteiger partial charge in [-0.3, -0.25) is 0 Å². The molecule has 2 aromatic heterocycles. The molecule has 0 amide bonds. The molecule has 1 aliphatic rings. The zero-order chi connectivity index (χ0) is 23.2. The van der Waals surface area contributed by atoms with E-state index >= 15 is 0 Å². The van der Waals surface area contributed by atoms with Crippen LogP contribution in [0.3, 0.4) is 0 Å². The normalized spacial score (nSPS) is 14.8. The van der Waals surface area contributed by atoms with Gasteiger partial charge in [-0.15, -0.1) is 15.3 Å². The summed E-state index contributed by atoms with van der Waals surface area (Å²) in [4.78, 5) is 17.3. The van der Waals surface area contributed by atoms with Crippen LogP contribution in [0.15, 0.2) is 52.1 Å². The van der Waals surface area contributed by atoms with Crippen LogP contribution in [0.2, 0.25) is 0 Å². The number of halogens is 1. The maximum Gasteiger partial charge on any atom is 0.337 e. The molecule has 0 bridgehead atoms. The Hall–Kier alpha value is -3.53. The van der Waals surface area contributed by atoms with Crippen LogP contribution < -0.4 is 4.74 Å². The molecule has 1 aliphatic heterocycles. The van der Waals surface area contributed by atoms with Gasteiger partial charge in [0, 0.05) is 27.2 Å². The average molecular weight is 510 g/mol. The number of ether oxygens (including phenoxy) is 2. The Morgan fingerprint density at radius 2 is 1.97 bits per heavy atom. The molecule has 0 spiro atoms. The van der Waals surface area contributed by atoms with Crippen molar-refractivity contribution in [3.05, 3.63) is 63.9 Å². The molecule has 3 heterocycles. The summed E-state index contributed by atoms with van der Waals surface area (Å²) in [5.41, 5.74) is 2.20. The quantitative estimate of drug-likeness (QED) is 0.369. The van der Waals surface area contributed by atoms with Crippen molar-refractivity contribution in [3.63, 3.8) is 0 Å². The standard InChI is InChI=1S/C23H20BrN5O4/c1-23(2)11-18(28-33-23)20-26-25-19-15-6-4-5-7-16(15)21(27-29(19)20)32-12-14-9-8-13(10-17(14)24)22(30)31-3/h4-10H,11-12H2,1-3H3. The third-order valence-electron chi connectivity index (χ3n) is 5.32. The molecule has 0 N–H and O–H groups in total. The highest BCUT2D eigenvalue weighted by Crippen LogP contribution is 2.30. The van der Waals surface area contributed by atoms with Crippen molar-refractivity contribution in [2.24, 2.45) is 5.16 Å². The highest BCUT2D eigenvalue weighted by molar-refractivity contribution is 9.10. The highest BCUT2D eigenvalue weighted by atomic mass is 79.9. The first kappa shape index (κ1) is 21.3. The van der Waals surface area contributed by atoms with Crippen molar-refractivity contribution in [1.82, 2.24) is 19.8 Å². The minimum absolute atomic E-state index is 0.235. The number of hydrogen-bond acceptors (Lipinski definition) is 8. The second-order valence-electron chi connectivity index (χ2n) is 8.26. The number of methoxy groups -OCH3 is 1. The zero-order valence-electron chi connectivity index (χ0n) is 18.2. The topological polar surface area (TPSA) is 100 Å². The summed E-state index contributed by atoms with van der Waals surface area (Å²) >= 11 is 3.51. The molecule has 0 fully saturated rings. The van der Waals surface area contributed by atoms with Gasteiger partial charge in [0.15, 0.2) is 5.65 Å². The molecule has 168 valence electrons. The first-order chi connectivity index (χ1) is 15.9. The van der Waals surface area contributed by atoms with Gasteiger partial charge in [-0.1, -0.05) is 45.4 Å². The fourth-order valence-electron chi connectivity index (χ4n) is 3.66. The number of rotatable bonds is 5. The minimum Gasteiger partial charge on any atom is -0.471 e. The molecule has 33 heavy (non-hydrogen) atoms. The van der Waals surface area contributed by atoms with E-state index in [0.29, 0.717) is 35.0 Å². The Balaban J connectivity index is 1.52. The van der Waals surface area contributed by atoms with Crippen molar-refractivity contribution in [3.8, 4) is 5.88 Å². The van der Waals surface area contributed by atoms with E-state index in [1.54, 1.807) is 16.6 Å². The molecule has 4 aromatic rings. The number of carbonyl (C=O) groups is 1. The van der Waals surface area contributed by atoms with Crippen LogP contribution in [-0.4, -0.2) is 44.2 Å². The molecule has 2 aromatic carbocycles. The molecule has 0 unspecified atom stereocenters. The molecule has 5 rings (SSSR count). The van der Waals surface area contributed by atoms with Crippen LogP contribution in [-0.2, 0) is 16.2 Å². The summed E-state index contributed by atoms with van der Waals surface area (Å²) in [6.45, 7) is 4.17. The zero-order valence-corrected chi connectivity index (χ0v) is 19.8. The van der Waals surface area contributed by atoms with Crippen LogP contribution in [0.4, 0.5) is 0 Å². The molecule has 10 heteroatoms. The molecule has 9 nitrogen and oxygen atoms in total. The number of hydrogen-bond donors (Lipinski definition) is 0. The SMILES string of the molecule is COC(=O)c1ccc(COc2nn3c(C4=NOC(C)(C)C4)nnc3c3ccccc23)c(Br)c1. The van der Waals surface area contributed by atoms with Crippen molar-refractivity contribution in [1.29, 1.82) is 0 Å². The Bertz CT molecular complexity index is 1430. The molecule has 0 radical (unpaired) electrons. The average Bonchev–Trinajstić information content (AvgIpc) is 3.40. The first-order valence-corrected chi connectivity index (χ1v) is 11.0. The third-order valence-corrected chi connectivity index (χ3v) is 6.06. The molecule has 0 saturated carbocycles. The van der Waals surface area contributed by atoms with Crippen LogP contribution in [0.1, 0.15) is 42.0 Å². The predicted molar refractivity (Wildman–Crippen MR) is 124 cm³/mol. The largest absolute Gasteiger partial charge is 0.471 e. The van der Waals surface area contributed by atoms with Crippen LogP contribution in [0.5, 0.6) is 5.88 Å². The number of fused-ring (bicyclic) bond motifs is 3. The summed E-state index contributed by atoms with van der Waals surface area (Å²) in [6.07, 6.45) is 0.595. The summed E-state index contributed by atoms with van der Waals surface area (Å²) in [5.74, 6) is 0.556. The van der Waals surface area contributed by atoms with E-state index in [2.05, 4.69) is 31.3 Å². The van der Waals surface area contributed by atoms with E-state index in [0.717, 1.165) is 20.8 Å². The second kappa shape index (κ2) is 8.11. The van der Waals surface area contributed by atoms with Gasteiger partial charge in [-0.2, -0.15) is 4.52 Å². The molecular weight excluding hydrogens is 490 g/mol. The maximum atomic E-state index is 11.8. The Labute approximate surface area is 197 Å². The van der Waals surface area contributed by atoms with Crippen LogP contribution >= 0.6 is 15.9 Å². The maximum absolute atomic E-state index is 11.8. The van der Waals surface area contributed by atoms with Crippen molar-refractivity contribution in [2.45, 2.75) is 32.5 Å². The number of aromatic nitrogens is 4. The third kappa shape index (κ3) is 3.91. The summed E-state index contributed by atoms with van der Waals surface area (Å²) in [5, 5.41) is 19.3. The van der Waals surface area contributed by atoms with Gasteiger partial charge >= 0.3 is 5.97 Å². The van der Waals surface area contributed by atoms with Gasteiger partial charge in [0.25, 0.3) is 0 Å². The van der Waals surface area contributed by atoms with Gasteiger partial charge in [0.2, 0.25) is 11.7 Å². The lowest BCUT2D eigenvalue weighted by molar-refractivity contribution is 0.0123. The molecular formula is C23H20BrN5O4. The van der Waals surface area contributed by atoms with Gasteiger partial charge in [0.05, 0.1) is 12.7 Å². The predicted octanol–water partition coefficient (Wildman–Crippen LogP) is 4.31. The first-order valence-electron chi connectivity index (χ1n) is 10.3. The van der Waals surface area contributed by atoms with Crippen LogP contribution in [0.25, 0.3) is 16.4 Å². The fourth-order valence-corrected chi connectivity index (χ4v) is 4.15. The summed E-state index contributed by atoms with van der Waals surface area (Å²) in [6, 6.07) is 13.0. The minimum atomic E-state index is -0.403. The lowest BCUT2D eigenvalue weighted by Gasteiger charge is -2.13. The number of carbonyl (C=O) groups excluding carboxylic acids is 1. The van der Waals surface area contributed by atoms with Gasteiger partial charge in [0.1, 0.15) is 17.9 Å². The Kier molecular flexibility index (Phi) is 5.24. The Morgan fingerprint density at radius 3 is 2.67 bits per heavy atom. The summed E-state index contributed by atoms with van der Waals surface area (Å²) < 4.78 is 13.3. The van der Waals surface area contributed by atoms with Crippen LogP contribution in [0, 0.1) is 0 Å². The molecule has 0 aliphatic carbocycles. The van der Waals surface area contributed by atoms with Crippen molar-refractivity contribution < 1.29 is 19.1 Å². The van der Waals surface area contributed by atoms with Gasteiger partial charge in [-0.25, -0.2) is 4.79 Å². The van der Waals surface area contributed by atoms with E-state index in [1.165, 1.54) is 7.11 Å².